The molecule has 1 atom stereocenters. The van der Waals surface area contributed by atoms with Crippen LogP contribution in [-0.4, -0.2) is 19.3 Å². The van der Waals surface area contributed by atoms with Gasteiger partial charge in [0.25, 0.3) is 0 Å². The lowest BCUT2D eigenvalue weighted by Crippen LogP contribution is -2.30. The van der Waals surface area contributed by atoms with Crippen molar-refractivity contribution in [3.8, 4) is 0 Å². The monoisotopic (exact) mass is 262 g/mol. The van der Waals surface area contributed by atoms with E-state index in [1.54, 1.807) is 7.05 Å². The molecule has 1 aromatic carbocycles. The molecule has 0 spiro atoms. The summed E-state index contributed by atoms with van der Waals surface area (Å²) in [7, 11) is 1.66. The van der Waals surface area contributed by atoms with Crippen LogP contribution in [0, 0.1) is 0 Å². The summed E-state index contributed by atoms with van der Waals surface area (Å²) in [6.45, 7) is 0.360. The lowest BCUT2D eigenvalue weighted by atomic mass is 9.99. The molecule has 0 radical (unpaired) electrons. The van der Waals surface area contributed by atoms with Gasteiger partial charge in [0.1, 0.15) is 6.33 Å². The maximum atomic E-state index is 11.7. The molecule has 94 valence electrons. The summed E-state index contributed by atoms with van der Waals surface area (Å²) in [6, 6.07) is 9.65. The minimum absolute atomic E-state index is 0.174. The Bertz CT molecular complexity index is 602. The van der Waals surface area contributed by atoms with Gasteiger partial charge in [0.05, 0.1) is 17.5 Å². The van der Waals surface area contributed by atoms with Crippen LogP contribution in [0.4, 0.5) is 0 Å². The Hall–Kier alpha value is -1.95. The molecule has 0 bridgehead atoms. The molecule has 2 N–H and O–H groups in total. The van der Waals surface area contributed by atoms with E-state index in [9.17, 15) is 4.79 Å². The van der Waals surface area contributed by atoms with Gasteiger partial charge in [-0.1, -0.05) is 42.5 Å². The SMILES string of the molecule is Cn1cnn(CC(C(N)=S)c2ccccc2)c1=O. The molecular formula is C12H14N4OS. The number of hydrogen-bond donors (Lipinski definition) is 1. The van der Waals surface area contributed by atoms with Crippen LogP contribution in [0.1, 0.15) is 11.5 Å². The molecular weight excluding hydrogens is 248 g/mol. The highest BCUT2D eigenvalue weighted by Gasteiger charge is 2.17. The van der Waals surface area contributed by atoms with Crippen molar-refractivity contribution in [2.75, 3.05) is 0 Å². The van der Waals surface area contributed by atoms with Crippen LogP contribution in [0.3, 0.4) is 0 Å². The fraction of sp³-hybridized carbons (Fsp3) is 0.250. The Morgan fingerprint density at radius 1 is 1.44 bits per heavy atom. The molecule has 1 aromatic heterocycles. The average molecular weight is 262 g/mol. The largest absolute Gasteiger partial charge is 0.393 e. The van der Waals surface area contributed by atoms with Crippen molar-refractivity contribution in [2.45, 2.75) is 12.5 Å². The number of aromatic nitrogens is 3. The van der Waals surface area contributed by atoms with Gasteiger partial charge in [-0.2, -0.15) is 5.10 Å². The first kappa shape index (κ1) is 12.5. The summed E-state index contributed by atoms with van der Waals surface area (Å²) in [5.74, 6) is -0.186. The minimum atomic E-state index is -0.186. The van der Waals surface area contributed by atoms with Gasteiger partial charge >= 0.3 is 5.69 Å². The van der Waals surface area contributed by atoms with Crippen molar-refractivity contribution < 1.29 is 0 Å². The van der Waals surface area contributed by atoms with Gasteiger partial charge in [-0.15, -0.1) is 0 Å². The van der Waals surface area contributed by atoms with Gasteiger partial charge in [-0.3, -0.25) is 4.57 Å². The molecule has 0 aliphatic heterocycles. The highest BCUT2D eigenvalue weighted by molar-refractivity contribution is 7.80. The molecule has 6 heteroatoms. The number of benzene rings is 1. The fourth-order valence-electron chi connectivity index (χ4n) is 1.76. The Balaban J connectivity index is 2.31. The Morgan fingerprint density at radius 3 is 2.61 bits per heavy atom. The lowest BCUT2D eigenvalue weighted by Gasteiger charge is -2.15. The van der Waals surface area contributed by atoms with Gasteiger partial charge in [-0.25, -0.2) is 9.48 Å². The van der Waals surface area contributed by atoms with Gasteiger partial charge in [0.2, 0.25) is 0 Å². The highest BCUT2D eigenvalue weighted by atomic mass is 32.1. The van der Waals surface area contributed by atoms with E-state index in [2.05, 4.69) is 5.10 Å². The zero-order valence-electron chi connectivity index (χ0n) is 9.98. The minimum Gasteiger partial charge on any atom is -0.393 e. The normalized spacial score (nSPS) is 12.3. The van der Waals surface area contributed by atoms with E-state index in [4.69, 9.17) is 18.0 Å². The van der Waals surface area contributed by atoms with Gasteiger partial charge in [-0.05, 0) is 5.56 Å². The third-order valence-electron chi connectivity index (χ3n) is 2.79. The Morgan fingerprint density at radius 2 is 2.11 bits per heavy atom. The van der Waals surface area contributed by atoms with E-state index in [0.717, 1.165) is 5.56 Å². The van der Waals surface area contributed by atoms with Crippen molar-refractivity contribution in [3.63, 3.8) is 0 Å². The number of nitrogens with two attached hydrogens (primary N) is 1. The van der Waals surface area contributed by atoms with E-state index >= 15 is 0 Å². The zero-order valence-corrected chi connectivity index (χ0v) is 10.8. The summed E-state index contributed by atoms with van der Waals surface area (Å²) in [5, 5.41) is 4.01. The predicted octanol–water partition coefficient (Wildman–Crippen LogP) is 0.652. The third-order valence-corrected chi connectivity index (χ3v) is 3.07. The second kappa shape index (κ2) is 5.14. The molecule has 0 saturated carbocycles. The first-order chi connectivity index (χ1) is 8.59. The fourth-order valence-corrected chi connectivity index (χ4v) is 1.97. The molecule has 2 aromatic rings. The summed E-state index contributed by atoms with van der Waals surface area (Å²) >= 11 is 5.08. The number of thiocarbonyl (C=S) groups is 1. The van der Waals surface area contributed by atoms with Crippen molar-refractivity contribution >= 4 is 17.2 Å². The number of aryl methyl sites for hydroxylation is 1. The summed E-state index contributed by atoms with van der Waals surface area (Å²) in [4.78, 5) is 12.1. The van der Waals surface area contributed by atoms with Crippen LogP contribution in [0.25, 0.3) is 0 Å². The predicted molar refractivity (Wildman–Crippen MR) is 73.4 cm³/mol. The maximum absolute atomic E-state index is 11.7. The van der Waals surface area contributed by atoms with E-state index in [1.165, 1.54) is 15.6 Å². The Kier molecular flexibility index (Phi) is 3.57. The topological polar surface area (TPSA) is 65.8 Å². The second-order valence-corrected chi connectivity index (χ2v) is 4.54. The van der Waals surface area contributed by atoms with Crippen molar-refractivity contribution in [1.29, 1.82) is 0 Å². The maximum Gasteiger partial charge on any atom is 0.345 e. The van der Waals surface area contributed by atoms with E-state index in [0.29, 0.717) is 11.5 Å². The first-order valence-electron chi connectivity index (χ1n) is 5.52. The van der Waals surface area contributed by atoms with Crippen LogP contribution in [0.15, 0.2) is 41.5 Å². The molecule has 0 fully saturated rings. The summed E-state index contributed by atoms with van der Waals surface area (Å²) in [6.07, 6.45) is 1.48. The number of hydrogen-bond acceptors (Lipinski definition) is 3. The molecule has 0 saturated heterocycles. The standard InChI is InChI=1S/C12H14N4OS/c1-15-8-14-16(12(15)17)7-10(11(13)18)9-5-3-2-4-6-9/h2-6,8,10H,7H2,1H3,(H2,13,18). The van der Waals surface area contributed by atoms with E-state index < -0.39 is 0 Å². The van der Waals surface area contributed by atoms with Crippen LogP contribution >= 0.6 is 12.2 Å². The van der Waals surface area contributed by atoms with Crippen LogP contribution < -0.4 is 11.4 Å². The molecule has 18 heavy (non-hydrogen) atoms. The molecule has 0 aliphatic carbocycles. The van der Waals surface area contributed by atoms with Gasteiger partial charge in [0.15, 0.2) is 0 Å². The quantitative estimate of drug-likeness (QED) is 0.822. The van der Waals surface area contributed by atoms with Gasteiger partial charge in [0, 0.05) is 7.05 Å². The second-order valence-electron chi connectivity index (χ2n) is 4.07. The molecule has 1 heterocycles. The van der Waals surface area contributed by atoms with Crippen LogP contribution in [0.5, 0.6) is 0 Å². The van der Waals surface area contributed by atoms with E-state index in [-0.39, 0.29) is 11.6 Å². The molecule has 0 amide bonds. The summed E-state index contributed by atoms with van der Waals surface area (Å²) < 4.78 is 2.79. The zero-order chi connectivity index (χ0) is 13.1. The number of nitrogens with zero attached hydrogens (tertiary/aromatic N) is 3. The Labute approximate surface area is 110 Å². The molecule has 5 nitrogen and oxygen atoms in total. The van der Waals surface area contributed by atoms with Gasteiger partial charge < -0.3 is 5.73 Å². The third kappa shape index (κ3) is 2.48. The molecule has 1 unspecified atom stereocenters. The first-order valence-corrected chi connectivity index (χ1v) is 5.93. The van der Waals surface area contributed by atoms with E-state index in [1.807, 2.05) is 30.3 Å². The average Bonchev–Trinajstić information content (AvgIpc) is 2.68. The summed E-state index contributed by atoms with van der Waals surface area (Å²) in [5.41, 5.74) is 6.57. The smallest absolute Gasteiger partial charge is 0.345 e. The van der Waals surface area contributed by atoms with Crippen molar-refractivity contribution in [2.24, 2.45) is 12.8 Å². The van der Waals surface area contributed by atoms with Crippen LogP contribution in [0.2, 0.25) is 0 Å². The molecule has 2 rings (SSSR count). The molecule has 0 aliphatic rings. The highest BCUT2D eigenvalue weighted by Crippen LogP contribution is 2.17. The van der Waals surface area contributed by atoms with Crippen molar-refractivity contribution in [1.82, 2.24) is 14.3 Å². The number of rotatable bonds is 4. The van der Waals surface area contributed by atoms with Crippen molar-refractivity contribution in [3.05, 3.63) is 52.7 Å². The van der Waals surface area contributed by atoms with Crippen LogP contribution in [-0.2, 0) is 13.6 Å². The lowest BCUT2D eigenvalue weighted by molar-refractivity contribution is 0.563.